The number of rotatable bonds is 4. The van der Waals surface area contributed by atoms with Crippen LogP contribution < -0.4 is 5.32 Å². The fourth-order valence-electron chi connectivity index (χ4n) is 4.06. The van der Waals surface area contributed by atoms with Gasteiger partial charge in [0.05, 0.1) is 6.54 Å². The lowest BCUT2D eigenvalue weighted by Gasteiger charge is -2.28. The maximum absolute atomic E-state index is 13.9. The first kappa shape index (κ1) is 18.8. The van der Waals surface area contributed by atoms with Gasteiger partial charge in [-0.25, -0.2) is 0 Å². The van der Waals surface area contributed by atoms with E-state index in [0.29, 0.717) is 6.54 Å². The van der Waals surface area contributed by atoms with Crippen molar-refractivity contribution in [1.29, 1.82) is 0 Å². The molecule has 1 amide bonds. The van der Waals surface area contributed by atoms with Crippen LogP contribution in [0.5, 0.6) is 5.75 Å². The number of phenols is 1. The maximum Gasteiger partial charge on any atom is 0.263 e. The summed E-state index contributed by atoms with van der Waals surface area (Å²) in [6.07, 6.45) is 1.92. The number of hydrogen-bond acceptors (Lipinski definition) is 3. The summed E-state index contributed by atoms with van der Waals surface area (Å²) in [5, 5.41) is 13.5. The Kier molecular flexibility index (Phi) is 4.85. The van der Waals surface area contributed by atoms with Crippen molar-refractivity contribution in [2.75, 3.05) is 0 Å². The number of allylic oxidation sites excluding steroid dienone is 1. The Morgan fingerprint density at radius 1 is 1.00 bits per heavy atom. The van der Waals surface area contributed by atoms with Crippen LogP contribution in [0.4, 0.5) is 0 Å². The number of aromatic hydroxyl groups is 1. The molecular formula is C25H26N2O2. The van der Waals surface area contributed by atoms with Gasteiger partial charge < -0.3 is 10.4 Å². The zero-order chi connectivity index (χ0) is 20.4. The van der Waals surface area contributed by atoms with E-state index < -0.39 is 5.54 Å². The van der Waals surface area contributed by atoms with Gasteiger partial charge in [0.1, 0.15) is 11.6 Å². The van der Waals surface area contributed by atoms with Crippen molar-refractivity contribution >= 4 is 5.91 Å². The number of amides is 1. The molecule has 29 heavy (non-hydrogen) atoms. The zero-order valence-corrected chi connectivity index (χ0v) is 16.6. The van der Waals surface area contributed by atoms with Crippen LogP contribution in [0.2, 0.25) is 0 Å². The van der Waals surface area contributed by atoms with Crippen molar-refractivity contribution in [3.63, 3.8) is 0 Å². The smallest absolute Gasteiger partial charge is 0.263 e. The molecule has 4 rings (SSSR count). The van der Waals surface area contributed by atoms with Gasteiger partial charge in [-0.2, -0.15) is 0 Å². The number of phenolic OH excluding ortho intramolecular Hbond substituents is 1. The highest BCUT2D eigenvalue weighted by Gasteiger charge is 2.51. The van der Waals surface area contributed by atoms with E-state index in [1.807, 2.05) is 86.7 Å². The molecule has 3 aromatic rings. The Balaban J connectivity index is 0.00000256. The number of nitrogens with zero attached hydrogens (tertiary/aromatic N) is 1. The third-order valence-corrected chi connectivity index (χ3v) is 5.32. The lowest BCUT2D eigenvalue weighted by atomic mass is 9.82. The Bertz CT molecular complexity index is 1010. The van der Waals surface area contributed by atoms with Crippen molar-refractivity contribution in [2.45, 2.75) is 25.9 Å². The molecule has 4 nitrogen and oxygen atoms in total. The average molecular weight is 386 g/mol. The molecule has 1 fully saturated rings. The molecule has 0 unspecified atom stereocenters. The molecule has 148 valence electrons. The van der Waals surface area contributed by atoms with Gasteiger partial charge in [0.15, 0.2) is 5.54 Å². The van der Waals surface area contributed by atoms with Crippen LogP contribution in [0.1, 0.15) is 30.6 Å². The minimum atomic E-state index is -0.990. The van der Waals surface area contributed by atoms with Crippen molar-refractivity contribution < 1.29 is 11.3 Å². The summed E-state index contributed by atoms with van der Waals surface area (Å²) in [5.41, 5.74) is 2.64. The lowest BCUT2D eigenvalue weighted by Crippen LogP contribution is -2.44. The second-order valence-electron chi connectivity index (χ2n) is 7.35. The minimum absolute atomic E-state index is 0. The van der Waals surface area contributed by atoms with Crippen LogP contribution in [0.15, 0.2) is 90.8 Å². The van der Waals surface area contributed by atoms with Crippen molar-refractivity contribution in [3.05, 3.63) is 113 Å². The molecule has 0 aliphatic carbocycles. The summed E-state index contributed by atoms with van der Waals surface area (Å²) in [5.74, 6) is 0.923. The first-order valence-electron chi connectivity index (χ1n) is 9.71. The van der Waals surface area contributed by atoms with E-state index in [9.17, 15) is 9.90 Å². The molecule has 0 aromatic heterocycles. The second kappa shape index (κ2) is 7.47. The molecule has 0 atom stereocenters. The highest BCUT2D eigenvalue weighted by atomic mass is 16.3. The predicted molar refractivity (Wildman–Crippen MR) is 116 cm³/mol. The Hall–Kier alpha value is -3.53. The Labute approximate surface area is 172 Å². The quantitative estimate of drug-likeness (QED) is 0.684. The predicted octanol–water partition coefficient (Wildman–Crippen LogP) is 4.68. The first-order chi connectivity index (χ1) is 14.0. The Morgan fingerprint density at radius 3 is 2.10 bits per heavy atom. The number of hydrogen-bond donors (Lipinski definition) is 2. The van der Waals surface area contributed by atoms with E-state index in [2.05, 4.69) is 5.32 Å². The summed E-state index contributed by atoms with van der Waals surface area (Å²) in [6, 6.07) is 25.0. The first-order valence-corrected chi connectivity index (χ1v) is 9.71. The molecule has 1 saturated heterocycles. The molecule has 0 bridgehead atoms. The van der Waals surface area contributed by atoms with Crippen molar-refractivity contribution in [1.82, 2.24) is 10.2 Å². The van der Waals surface area contributed by atoms with Crippen LogP contribution in [0.25, 0.3) is 0 Å². The molecule has 1 heterocycles. The fourth-order valence-corrected chi connectivity index (χ4v) is 4.06. The van der Waals surface area contributed by atoms with E-state index in [0.717, 1.165) is 28.1 Å². The maximum atomic E-state index is 13.9. The standard InChI is InChI=1S/C25H24N2O2.H2/c1-3-23-26-25(20-10-6-4-7-11-20,21-12-8-5-9-13-21)24(29)27(23)17-19-14-18(2)15-22(28)16-19;/h3-16,26,28H,17H2,1-2H3;1H/b23-3+;. The monoisotopic (exact) mass is 386 g/mol. The van der Waals surface area contributed by atoms with Crippen LogP contribution in [-0.2, 0) is 16.9 Å². The van der Waals surface area contributed by atoms with E-state index >= 15 is 0 Å². The molecule has 0 saturated carbocycles. The highest BCUT2D eigenvalue weighted by Crippen LogP contribution is 2.39. The number of benzene rings is 3. The topological polar surface area (TPSA) is 52.6 Å². The number of aryl methyl sites for hydroxylation is 1. The number of nitrogens with one attached hydrogen (secondary N) is 1. The third-order valence-electron chi connectivity index (χ3n) is 5.32. The average Bonchev–Trinajstić information content (AvgIpc) is 3.01. The normalized spacial score (nSPS) is 16.8. The second-order valence-corrected chi connectivity index (χ2v) is 7.35. The zero-order valence-electron chi connectivity index (χ0n) is 16.6. The molecule has 3 aromatic carbocycles. The van der Waals surface area contributed by atoms with Gasteiger partial charge in [0.25, 0.3) is 5.91 Å². The van der Waals surface area contributed by atoms with Gasteiger partial charge in [-0.1, -0.05) is 66.7 Å². The summed E-state index contributed by atoms with van der Waals surface area (Å²) in [4.78, 5) is 15.7. The molecule has 4 heteroatoms. The Morgan fingerprint density at radius 2 is 1.59 bits per heavy atom. The molecule has 1 aliphatic rings. The lowest BCUT2D eigenvalue weighted by molar-refractivity contribution is -0.131. The van der Waals surface area contributed by atoms with E-state index in [1.165, 1.54) is 0 Å². The van der Waals surface area contributed by atoms with E-state index in [4.69, 9.17) is 0 Å². The SMILES string of the molecule is C/C=C1\NC(c2ccccc2)(c2ccccc2)C(=O)N1Cc1cc(C)cc(O)c1.[HH]. The molecule has 1 aliphatic heterocycles. The van der Waals surface area contributed by atoms with E-state index in [-0.39, 0.29) is 13.1 Å². The van der Waals surface area contributed by atoms with Gasteiger partial charge >= 0.3 is 0 Å². The third kappa shape index (κ3) is 3.27. The highest BCUT2D eigenvalue weighted by molar-refractivity contribution is 5.95. The molecule has 0 radical (unpaired) electrons. The van der Waals surface area contributed by atoms with Crippen LogP contribution in [0.3, 0.4) is 0 Å². The number of carbonyl (C=O) groups excluding carboxylic acids is 1. The van der Waals surface area contributed by atoms with Crippen LogP contribution >= 0.6 is 0 Å². The van der Waals surface area contributed by atoms with Crippen LogP contribution in [-0.4, -0.2) is 15.9 Å². The van der Waals surface area contributed by atoms with Crippen LogP contribution in [0, 0.1) is 6.92 Å². The summed E-state index contributed by atoms with van der Waals surface area (Å²) in [7, 11) is 0. The fraction of sp³-hybridized carbons (Fsp3) is 0.160. The summed E-state index contributed by atoms with van der Waals surface area (Å²) in [6.45, 7) is 4.23. The molecule has 0 spiro atoms. The minimum Gasteiger partial charge on any atom is -0.508 e. The molecule has 2 N–H and O–H groups in total. The summed E-state index contributed by atoms with van der Waals surface area (Å²) < 4.78 is 0. The van der Waals surface area contributed by atoms with Crippen molar-refractivity contribution in [2.24, 2.45) is 0 Å². The van der Waals surface area contributed by atoms with Gasteiger partial charge in [-0.05, 0) is 54.3 Å². The molecular weight excluding hydrogens is 360 g/mol. The van der Waals surface area contributed by atoms with Gasteiger partial charge in [-0.15, -0.1) is 0 Å². The van der Waals surface area contributed by atoms with Gasteiger partial charge in [0, 0.05) is 1.43 Å². The van der Waals surface area contributed by atoms with Crippen molar-refractivity contribution in [3.8, 4) is 5.75 Å². The summed E-state index contributed by atoms with van der Waals surface area (Å²) >= 11 is 0. The number of carbonyl (C=O) groups is 1. The van der Waals surface area contributed by atoms with E-state index in [1.54, 1.807) is 17.0 Å². The largest absolute Gasteiger partial charge is 0.508 e. The van der Waals surface area contributed by atoms with Gasteiger partial charge in [0.2, 0.25) is 0 Å². The van der Waals surface area contributed by atoms with Gasteiger partial charge in [-0.3, -0.25) is 9.69 Å².